The fraction of sp³-hybridized carbons (Fsp3) is 0.300. The minimum absolute atomic E-state index is 0.215. The molecule has 0 atom stereocenters. The van der Waals surface area contributed by atoms with E-state index in [0.717, 1.165) is 4.47 Å². The first kappa shape index (κ1) is 12.9. The molecule has 0 fully saturated rings. The van der Waals surface area contributed by atoms with Gasteiger partial charge in [-0.05, 0) is 37.1 Å². The molecule has 1 rings (SSSR count). The van der Waals surface area contributed by atoms with Crippen molar-refractivity contribution in [3.63, 3.8) is 0 Å². The number of carboxylic acid groups (broad SMARTS) is 1. The van der Waals surface area contributed by atoms with Gasteiger partial charge in [-0.25, -0.2) is 0 Å². The summed E-state index contributed by atoms with van der Waals surface area (Å²) in [5.74, 6) is -2.78. The molecule has 6 heteroatoms. The lowest BCUT2D eigenvalue weighted by Gasteiger charge is -2.19. The highest BCUT2D eigenvalue weighted by Crippen LogP contribution is 2.29. The van der Waals surface area contributed by atoms with Crippen LogP contribution in [0.2, 0.25) is 0 Å². The summed E-state index contributed by atoms with van der Waals surface area (Å²) < 4.78 is 30.2. The lowest BCUT2D eigenvalue weighted by atomic mass is 10.1. The molecular weight excluding hydrogens is 286 g/mol. The van der Waals surface area contributed by atoms with E-state index in [1.807, 2.05) is 0 Å². The molecule has 0 aliphatic rings. The number of carboxylic acids is 1. The van der Waals surface area contributed by atoms with Gasteiger partial charge >= 0.3 is 6.11 Å². The molecule has 0 aliphatic heterocycles. The van der Waals surface area contributed by atoms with Crippen molar-refractivity contribution >= 4 is 21.9 Å². The van der Waals surface area contributed by atoms with E-state index in [-0.39, 0.29) is 5.75 Å². The molecule has 16 heavy (non-hydrogen) atoms. The standard InChI is InChI=1S/C10H9BrF2O3/c1-5-3-7(4-6(2)8(5)11)16-10(12,13)9(14)15/h3-4H,1-2H3,(H,14,15)/p-1. The number of benzene rings is 1. The first-order valence-corrected chi connectivity index (χ1v) is 5.08. The first-order valence-electron chi connectivity index (χ1n) is 4.29. The van der Waals surface area contributed by atoms with E-state index in [1.54, 1.807) is 13.8 Å². The summed E-state index contributed by atoms with van der Waals surface area (Å²) >= 11 is 3.25. The van der Waals surface area contributed by atoms with E-state index in [1.165, 1.54) is 12.1 Å². The van der Waals surface area contributed by atoms with Gasteiger partial charge < -0.3 is 14.6 Å². The lowest BCUT2D eigenvalue weighted by Crippen LogP contribution is -2.45. The smallest absolute Gasteiger partial charge is 0.441 e. The van der Waals surface area contributed by atoms with Gasteiger partial charge in [0.25, 0.3) is 0 Å². The van der Waals surface area contributed by atoms with Crippen LogP contribution in [-0.2, 0) is 4.79 Å². The van der Waals surface area contributed by atoms with Crippen LogP contribution in [0.15, 0.2) is 16.6 Å². The molecule has 0 spiro atoms. The molecule has 0 unspecified atom stereocenters. The third-order valence-corrected chi connectivity index (χ3v) is 3.14. The number of halogens is 3. The molecule has 0 aromatic heterocycles. The Morgan fingerprint density at radius 2 is 1.81 bits per heavy atom. The molecular formula is C10H8BrF2O3-. The number of hydrogen-bond donors (Lipinski definition) is 0. The van der Waals surface area contributed by atoms with Gasteiger partial charge in [0.05, 0.1) is 0 Å². The van der Waals surface area contributed by atoms with Crippen LogP contribution in [0.5, 0.6) is 5.75 Å². The van der Waals surface area contributed by atoms with E-state index >= 15 is 0 Å². The number of alkyl halides is 2. The summed E-state index contributed by atoms with van der Waals surface area (Å²) in [6.45, 7) is 3.36. The van der Waals surface area contributed by atoms with Crippen LogP contribution in [0.4, 0.5) is 8.78 Å². The summed E-state index contributed by atoms with van der Waals surface area (Å²) in [6, 6.07) is 2.63. The van der Waals surface area contributed by atoms with Crippen LogP contribution in [0.1, 0.15) is 11.1 Å². The molecule has 1 aromatic rings. The largest absolute Gasteiger partial charge is 0.541 e. The van der Waals surface area contributed by atoms with Gasteiger partial charge in [0.1, 0.15) is 5.75 Å². The molecule has 88 valence electrons. The van der Waals surface area contributed by atoms with Gasteiger partial charge in [-0.1, -0.05) is 15.9 Å². The van der Waals surface area contributed by atoms with Crippen molar-refractivity contribution in [2.45, 2.75) is 20.0 Å². The average Bonchev–Trinajstić information content (AvgIpc) is 2.13. The molecule has 0 radical (unpaired) electrons. The second-order valence-electron chi connectivity index (χ2n) is 3.28. The molecule has 0 amide bonds. The van der Waals surface area contributed by atoms with Crippen LogP contribution in [-0.4, -0.2) is 12.1 Å². The Morgan fingerprint density at radius 1 is 1.38 bits per heavy atom. The van der Waals surface area contributed by atoms with E-state index in [2.05, 4.69) is 20.7 Å². The van der Waals surface area contributed by atoms with Gasteiger partial charge in [-0.3, -0.25) is 0 Å². The lowest BCUT2D eigenvalue weighted by molar-refractivity contribution is -0.350. The van der Waals surface area contributed by atoms with E-state index in [0.29, 0.717) is 11.1 Å². The number of carbonyl (C=O) groups is 1. The van der Waals surface area contributed by atoms with Crippen LogP contribution < -0.4 is 9.84 Å². The van der Waals surface area contributed by atoms with Crippen LogP contribution in [0.3, 0.4) is 0 Å². The van der Waals surface area contributed by atoms with E-state index in [4.69, 9.17) is 0 Å². The van der Waals surface area contributed by atoms with Gasteiger partial charge in [-0.15, -0.1) is 0 Å². The number of hydrogen-bond acceptors (Lipinski definition) is 3. The average molecular weight is 294 g/mol. The summed E-state index contributed by atoms with van der Waals surface area (Å²) in [4.78, 5) is 10.1. The van der Waals surface area contributed by atoms with Crippen LogP contribution in [0.25, 0.3) is 0 Å². The second-order valence-corrected chi connectivity index (χ2v) is 4.07. The Bertz CT molecular complexity index is 409. The van der Waals surface area contributed by atoms with Crippen molar-refractivity contribution in [1.82, 2.24) is 0 Å². The van der Waals surface area contributed by atoms with Crippen molar-refractivity contribution in [2.75, 3.05) is 0 Å². The number of ether oxygens (including phenoxy) is 1. The molecule has 0 saturated carbocycles. The summed E-state index contributed by atoms with van der Waals surface area (Å²) in [7, 11) is 0. The summed E-state index contributed by atoms with van der Waals surface area (Å²) in [5, 5.41) is 10.1. The third-order valence-electron chi connectivity index (χ3n) is 1.89. The Morgan fingerprint density at radius 3 is 2.19 bits per heavy atom. The Hall–Kier alpha value is -1.17. The second kappa shape index (κ2) is 4.37. The van der Waals surface area contributed by atoms with Gasteiger partial charge in [0, 0.05) is 4.47 Å². The predicted molar refractivity (Wildman–Crippen MR) is 54.2 cm³/mol. The SMILES string of the molecule is Cc1cc(OC(F)(F)C(=O)[O-])cc(C)c1Br. The molecule has 3 nitrogen and oxygen atoms in total. The number of rotatable bonds is 3. The quantitative estimate of drug-likeness (QED) is 0.854. The minimum Gasteiger partial charge on any atom is -0.541 e. The number of aryl methyl sites for hydroxylation is 2. The van der Waals surface area contributed by atoms with Gasteiger partial charge in [-0.2, -0.15) is 8.78 Å². The monoisotopic (exact) mass is 293 g/mol. The van der Waals surface area contributed by atoms with Gasteiger partial charge in [0.2, 0.25) is 0 Å². The Labute approximate surface area is 99.2 Å². The van der Waals surface area contributed by atoms with Crippen molar-refractivity contribution in [1.29, 1.82) is 0 Å². The van der Waals surface area contributed by atoms with Crippen LogP contribution in [0, 0.1) is 13.8 Å². The Kier molecular flexibility index (Phi) is 3.52. The summed E-state index contributed by atoms with van der Waals surface area (Å²) in [6.07, 6.45) is -4.33. The molecule has 0 bridgehead atoms. The molecule has 1 aromatic carbocycles. The van der Waals surface area contributed by atoms with Crippen LogP contribution >= 0.6 is 15.9 Å². The highest BCUT2D eigenvalue weighted by atomic mass is 79.9. The maximum atomic E-state index is 12.7. The maximum absolute atomic E-state index is 12.7. The third kappa shape index (κ3) is 2.69. The molecule has 0 heterocycles. The van der Waals surface area contributed by atoms with Crippen molar-refractivity contribution in [3.05, 3.63) is 27.7 Å². The molecule has 0 N–H and O–H groups in total. The fourth-order valence-corrected chi connectivity index (χ4v) is 1.38. The zero-order valence-electron chi connectivity index (χ0n) is 8.51. The molecule has 0 aliphatic carbocycles. The first-order chi connectivity index (χ1) is 7.24. The summed E-state index contributed by atoms with van der Waals surface area (Å²) in [5.41, 5.74) is 1.34. The topological polar surface area (TPSA) is 49.4 Å². The maximum Gasteiger partial charge on any atom is 0.441 e. The normalized spacial score (nSPS) is 11.3. The fourth-order valence-electron chi connectivity index (χ4n) is 1.15. The number of carbonyl (C=O) groups excluding carboxylic acids is 1. The highest BCUT2D eigenvalue weighted by Gasteiger charge is 2.34. The number of aliphatic carboxylic acids is 1. The molecule has 0 saturated heterocycles. The van der Waals surface area contributed by atoms with Crippen molar-refractivity contribution < 1.29 is 23.4 Å². The van der Waals surface area contributed by atoms with E-state index < -0.39 is 12.1 Å². The Balaban J connectivity index is 3.04. The predicted octanol–water partition coefficient (Wildman–Crippen LogP) is 1.79. The zero-order chi connectivity index (χ0) is 12.5. The van der Waals surface area contributed by atoms with Crippen molar-refractivity contribution in [2.24, 2.45) is 0 Å². The van der Waals surface area contributed by atoms with Gasteiger partial charge in [0.15, 0.2) is 5.97 Å². The zero-order valence-corrected chi connectivity index (χ0v) is 10.1. The van der Waals surface area contributed by atoms with Crippen molar-refractivity contribution in [3.8, 4) is 5.75 Å². The highest BCUT2D eigenvalue weighted by molar-refractivity contribution is 9.10. The van der Waals surface area contributed by atoms with E-state index in [9.17, 15) is 18.7 Å². The minimum atomic E-state index is -4.33.